The number of hydrogen-bond acceptors (Lipinski definition) is 4. The Balaban J connectivity index is 2.32. The van der Waals surface area contributed by atoms with Crippen LogP contribution in [0.2, 0.25) is 0 Å². The van der Waals surface area contributed by atoms with Gasteiger partial charge in [0.15, 0.2) is 5.69 Å². The molecule has 0 aliphatic heterocycles. The van der Waals surface area contributed by atoms with Gasteiger partial charge in [-0.05, 0) is 25.1 Å². The van der Waals surface area contributed by atoms with Crippen molar-refractivity contribution in [2.75, 3.05) is 6.54 Å². The molecule has 0 fully saturated rings. The Labute approximate surface area is 127 Å². The van der Waals surface area contributed by atoms with Crippen molar-refractivity contribution < 1.29 is 27.9 Å². The number of benzene rings is 1. The first-order valence-electron chi connectivity index (χ1n) is 6.30. The third kappa shape index (κ3) is 3.65. The van der Waals surface area contributed by atoms with E-state index in [9.17, 15) is 22.8 Å². The fraction of sp³-hybridized carbons (Fsp3) is 0.231. The molecule has 0 spiro atoms. The molecule has 2 rings (SSSR count). The van der Waals surface area contributed by atoms with E-state index in [1.165, 1.54) is 19.1 Å². The summed E-state index contributed by atoms with van der Waals surface area (Å²) < 4.78 is 39.3. The topological polar surface area (TPSA) is 97.1 Å². The van der Waals surface area contributed by atoms with Gasteiger partial charge in [0, 0.05) is 0 Å². The van der Waals surface area contributed by atoms with E-state index >= 15 is 0 Å². The number of carbonyl (C=O) groups excluding carboxylic acids is 1. The maximum absolute atomic E-state index is 12.7. The average molecular weight is 328 g/mol. The molecule has 10 heteroatoms. The molecule has 0 saturated carbocycles. The maximum Gasteiger partial charge on any atom is 0.416 e. The molecule has 7 nitrogen and oxygen atoms in total. The Morgan fingerprint density at radius 2 is 2.04 bits per heavy atom. The number of aliphatic carboxylic acids is 1. The SMILES string of the molecule is Cc1c(C(=O)NCC(=O)O)nnn1-c1cccc(C(F)(F)F)c1. The lowest BCUT2D eigenvalue weighted by molar-refractivity contribution is -0.138. The summed E-state index contributed by atoms with van der Waals surface area (Å²) in [6.45, 7) is 0.838. The van der Waals surface area contributed by atoms with Crippen LogP contribution < -0.4 is 5.32 Å². The van der Waals surface area contributed by atoms with Crippen LogP contribution in [0.1, 0.15) is 21.7 Å². The summed E-state index contributed by atoms with van der Waals surface area (Å²) >= 11 is 0. The van der Waals surface area contributed by atoms with E-state index < -0.39 is 30.2 Å². The minimum atomic E-state index is -4.51. The third-order valence-electron chi connectivity index (χ3n) is 2.93. The molecule has 2 N–H and O–H groups in total. The van der Waals surface area contributed by atoms with Crippen LogP contribution in [0.15, 0.2) is 24.3 Å². The fourth-order valence-corrected chi connectivity index (χ4v) is 1.84. The number of nitrogens with one attached hydrogen (secondary N) is 1. The van der Waals surface area contributed by atoms with Crippen molar-refractivity contribution in [1.29, 1.82) is 0 Å². The Morgan fingerprint density at radius 1 is 1.35 bits per heavy atom. The van der Waals surface area contributed by atoms with Crippen LogP contribution >= 0.6 is 0 Å². The van der Waals surface area contributed by atoms with Crippen molar-refractivity contribution >= 4 is 11.9 Å². The molecule has 2 aromatic rings. The molecule has 0 saturated heterocycles. The first kappa shape index (κ1) is 16.5. The van der Waals surface area contributed by atoms with Gasteiger partial charge in [0.1, 0.15) is 6.54 Å². The first-order valence-corrected chi connectivity index (χ1v) is 6.30. The van der Waals surface area contributed by atoms with Crippen LogP contribution in [0.5, 0.6) is 0 Å². The second kappa shape index (κ2) is 6.07. The third-order valence-corrected chi connectivity index (χ3v) is 2.93. The van der Waals surface area contributed by atoms with E-state index in [2.05, 4.69) is 15.6 Å². The number of halogens is 3. The van der Waals surface area contributed by atoms with E-state index in [1.807, 2.05) is 0 Å². The van der Waals surface area contributed by atoms with Crippen molar-refractivity contribution in [3.05, 3.63) is 41.2 Å². The summed E-state index contributed by atoms with van der Waals surface area (Å²) in [4.78, 5) is 22.2. The molecule has 0 aliphatic rings. The summed E-state index contributed by atoms with van der Waals surface area (Å²) in [5.41, 5.74) is -0.750. The highest BCUT2D eigenvalue weighted by molar-refractivity contribution is 5.94. The number of carbonyl (C=O) groups is 2. The van der Waals surface area contributed by atoms with Crippen LogP contribution in [0.25, 0.3) is 5.69 Å². The Kier molecular flexibility index (Phi) is 4.34. The lowest BCUT2D eigenvalue weighted by Crippen LogP contribution is -2.30. The highest BCUT2D eigenvalue weighted by Gasteiger charge is 2.31. The Bertz CT molecular complexity index is 755. The fourth-order valence-electron chi connectivity index (χ4n) is 1.84. The lowest BCUT2D eigenvalue weighted by atomic mass is 10.2. The smallest absolute Gasteiger partial charge is 0.416 e. The molecule has 23 heavy (non-hydrogen) atoms. The van der Waals surface area contributed by atoms with Gasteiger partial charge in [-0.2, -0.15) is 13.2 Å². The number of alkyl halides is 3. The normalized spacial score (nSPS) is 11.3. The predicted molar refractivity (Wildman–Crippen MR) is 71.1 cm³/mol. The van der Waals surface area contributed by atoms with Gasteiger partial charge in [-0.1, -0.05) is 11.3 Å². The number of carboxylic acids is 1. The Hall–Kier alpha value is -2.91. The number of hydrogen-bond donors (Lipinski definition) is 2. The van der Waals surface area contributed by atoms with E-state index in [0.717, 1.165) is 16.8 Å². The van der Waals surface area contributed by atoms with E-state index in [1.54, 1.807) is 0 Å². The van der Waals surface area contributed by atoms with E-state index in [0.29, 0.717) is 0 Å². The number of nitrogens with zero attached hydrogens (tertiary/aromatic N) is 3. The molecular formula is C13H11F3N4O3. The minimum Gasteiger partial charge on any atom is -0.480 e. The Morgan fingerprint density at radius 3 is 2.65 bits per heavy atom. The average Bonchev–Trinajstić information content (AvgIpc) is 2.86. The van der Waals surface area contributed by atoms with Crippen LogP contribution in [-0.2, 0) is 11.0 Å². The van der Waals surface area contributed by atoms with Gasteiger partial charge in [0.25, 0.3) is 5.91 Å². The molecule has 1 aromatic carbocycles. The summed E-state index contributed by atoms with van der Waals surface area (Å²) in [6.07, 6.45) is -4.51. The van der Waals surface area contributed by atoms with Crippen LogP contribution in [-0.4, -0.2) is 38.5 Å². The van der Waals surface area contributed by atoms with E-state index in [-0.39, 0.29) is 17.1 Å². The van der Waals surface area contributed by atoms with Crippen molar-refractivity contribution in [3.63, 3.8) is 0 Å². The molecule has 122 valence electrons. The first-order chi connectivity index (χ1) is 10.7. The van der Waals surface area contributed by atoms with Gasteiger partial charge >= 0.3 is 12.1 Å². The second-order valence-electron chi connectivity index (χ2n) is 4.56. The molecule has 0 bridgehead atoms. The zero-order valence-corrected chi connectivity index (χ0v) is 11.8. The number of rotatable bonds is 4. The lowest BCUT2D eigenvalue weighted by Gasteiger charge is -2.09. The number of aromatic nitrogens is 3. The van der Waals surface area contributed by atoms with Crippen molar-refractivity contribution in [1.82, 2.24) is 20.3 Å². The summed E-state index contributed by atoms with van der Waals surface area (Å²) in [6, 6.07) is 4.39. The van der Waals surface area contributed by atoms with Gasteiger partial charge in [-0.25, -0.2) is 4.68 Å². The van der Waals surface area contributed by atoms with Gasteiger partial charge in [-0.15, -0.1) is 5.10 Å². The molecule has 1 aromatic heterocycles. The number of carboxylic acid groups (broad SMARTS) is 1. The van der Waals surface area contributed by atoms with Crippen molar-refractivity contribution in [3.8, 4) is 5.69 Å². The highest BCUT2D eigenvalue weighted by Crippen LogP contribution is 2.30. The van der Waals surface area contributed by atoms with Crippen LogP contribution in [0.3, 0.4) is 0 Å². The largest absolute Gasteiger partial charge is 0.480 e. The molecule has 0 atom stereocenters. The zero-order chi connectivity index (χ0) is 17.2. The van der Waals surface area contributed by atoms with Crippen molar-refractivity contribution in [2.24, 2.45) is 0 Å². The van der Waals surface area contributed by atoms with Gasteiger partial charge in [0.05, 0.1) is 16.9 Å². The van der Waals surface area contributed by atoms with Gasteiger partial charge in [-0.3, -0.25) is 9.59 Å². The number of amides is 1. The monoisotopic (exact) mass is 328 g/mol. The quantitative estimate of drug-likeness (QED) is 0.884. The van der Waals surface area contributed by atoms with E-state index in [4.69, 9.17) is 5.11 Å². The molecule has 0 radical (unpaired) electrons. The van der Waals surface area contributed by atoms with Crippen LogP contribution in [0, 0.1) is 6.92 Å². The zero-order valence-electron chi connectivity index (χ0n) is 11.8. The summed E-state index contributed by atoms with van der Waals surface area (Å²) in [5, 5.41) is 17.8. The van der Waals surface area contributed by atoms with Gasteiger partial charge < -0.3 is 10.4 Å². The van der Waals surface area contributed by atoms with Crippen LogP contribution in [0.4, 0.5) is 13.2 Å². The molecule has 1 amide bonds. The molecule has 0 aliphatic carbocycles. The molecule has 0 unspecified atom stereocenters. The standard InChI is InChI=1S/C13H11F3N4O3/c1-7-11(12(23)17-6-10(21)22)18-19-20(7)9-4-2-3-8(5-9)13(14,15)16/h2-5H,6H2,1H3,(H,17,23)(H,21,22). The maximum atomic E-state index is 12.7. The summed E-state index contributed by atoms with van der Waals surface area (Å²) in [7, 11) is 0. The highest BCUT2D eigenvalue weighted by atomic mass is 19.4. The minimum absolute atomic E-state index is 0.0853. The van der Waals surface area contributed by atoms with Crippen molar-refractivity contribution in [2.45, 2.75) is 13.1 Å². The molecular weight excluding hydrogens is 317 g/mol. The van der Waals surface area contributed by atoms with Gasteiger partial charge in [0.2, 0.25) is 0 Å². The second-order valence-corrected chi connectivity index (χ2v) is 4.56. The predicted octanol–water partition coefficient (Wildman–Crippen LogP) is 1.41. The summed E-state index contributed by atoms with van der Waals surface area (Å²) in [5.74, 6) is -2.01. The molecule has 1 heterocycles.